The van der Waals surface area contributed by atoms with Crippen molar-refractivity contribution in [2.75, 3.05) is 13.2 Å². The summed E-state index contributed by atoms with van der Waals surface area (Å²) in [5.41, 5.74) is 2.35. The van der Waals surface area contributed by atoms with Gasteiger partial charge in [0.25, 0.3) is 0 Å². The number of rotatable bonds is 6. The lowest BCUT2D eigenvalue weighted by atomic mass is 10.2. The van der Waals surface area contributed by atoms with Crippen LogP contribution in [0.3, 0.4) is 0 Å². The molecule has 0 saturated carbocycles. The lowest BCUT2D eigenvalue weighted by molar-refractivity contribution is 0.230. The number of para-hydroxylation sites is 3. The molecule has 1 N–H and O–H groups in total. The highest BCUT2D eigenvalue weighted by atomic mass is 16.5. The number of hydrogen-bond donors (Lipinski definition) is 1. The van der Waals surface area contributed by atoms with Crippen LogP contribution in [-0.2, 0) is 13.6 Å². The van der Waals surface area contributed by atoms with Gasteiger partial charge in [-0.05, 0) is 24.3 Å². The molecule has 2 heterocycles. The van der Waals surface area contributed by atoms with Crippen molar-refractivity contribution >= 4 is 21.9 Å². The fourth-order valence-corrected chi connectivity index (χ4v) is 3.17. The molecule has 0 bridgehead atoms. The Morgan fingerprint density at radius 3 is 2.59 bits per heavy atom. The van der Waals surface area contributed by atoms with Gasteiger partial charge in [0, 0.05) is 20.1 Å². The maximum Gasteiger partial charge on any atom is 0.329 e. The maximum atomic E-state index is 12.7. The van der Waals surface area contributed by atoms with E-state index in [9.17, 15) is 4.79 Å². The van der Waals surface area contributed by atoms with Gasteiger partial charge in [-0.1, -0.05) is 24.3 Å². The Morgan fingerprint density at radius 1 is 1.04 bits per heavy atom. The van der Waals surface area contributed by atoms with Gasteiger partial charge in [0.05, 0.1) is 35.1 Å². The molecule has 2 aromatic heterocycles. The average Bonchev–Trinajstić information content (AvgIpc) is 2.93. The van der Waals surface area contributed by atoms with Gasteiger partial charge >= 0.3 is 5.69 Å². The Balaban J connectivity index is 1.79. The molecule has 0 amide bonds. The topological polar surface area (TPSA) is 82.2 Å². The monoisotopic (exact) mass is 364 g/mol. The third kappa shape index (κ3) is 3.17. The van der Waals surface area contributed by atoms with Gasteiger partial charge in [-0.15, -0.1) is 0 Å². The maximum absolute atomic E-state index is 12.7. The minimum absolute atomic E-state index is 0.0568. The number of imidazole rings is 1. The minimum Gasteiger partial charge on any atom is -0.477 e. The lowest BCUT2D eigenvalue weighted by Crippen LogP contribution is -2.23. The zero-order valence-corrected chi connectivity index (χ0v) is 15.0. The first kappa shape index (κ1) is 17.2. The Kier molecular flexibility index (Phi) is 4.60. The number of aromatic nitrogens is 4. The van der Waals surface area contributed by atoms with E-state index >= 15 is 0 Å². The van der Waals surface area contributed by atoms with Crippen molar-refractivity contribution in [3.05, 3.63) is 64.8 Å². The van der Waals surface area contributed by atoms with E-state index in [0.717, 1.165) is 21.9 Å². The Hall–Kier alpha value is -3.19. The number of aryl methyl sites for hydroxylation is 1. The summed E-state index contributed by atoms with van der Waals surface area (Å²) >= 11 is 0. The number of ether oxygens (including phenoxy) is 1. The number of benzene rings is 2. The van der Waals surface area contributed by atoms with Gasteiger partial charge in [-0.3, -0.25) is 9.13 Å². The number of fused-ring (bicyclic) bond motifs is 2. The SMILES string of the molecule is Cn1c(=O)n(Cc2nc(OCCCO)c3ccccc3n2)c2ccccc21. The first-order valence-electron chi connectivity index (χ1n) is 8.82. The van der Waals surface area contributed by atoms with E-state index < -0.39 is 0 Å². The molecule has 0 fully saturated rings. The molecule has 0 aliphatic rings. The average molecular weight is 364 g/mol. The highest BCUT2D eigenvalue weighted by Gasteiger charge is 2.14. The van der Waals surface area contributed by atoms with Gasteiger partial charge in [0.15, 0.2) is 5.82 Å². The molecular weight excluding hydrogens is 344 g/mol. The molecule has 7 nitrogen and oxygen atoms in total. The van der Waals surface area contributed by atoms with Crippen LogP contribution in [0.5, 0.6) is 5.88 Å². The summed E-state index contributed by atoms with van der Waals surface area (Å²) in [6.07, 6.45) is 0.524. The van der Waals surface area contributed by atoms with E-state index in [1.807, 2.05) is 48.5 Å². The zero-order chi connectivity index (χ0) is 18.8. The van der Waals surface area contributed by atoms with E-state index in [4.69, 9.17) is 9.84 Å². The Morgan fingerprint density at radius 2 is 1.78 bits per heavy atom. The van der Waals surface area contributed by atoms with E-state index in [2.05, 4.69) is 9.97 Å². The second-order valence-electron chi connectivity index (χ2n) is 6.30. The molecule has 4 rings (SSSR count). The highest BCUT2D eigenvalue weighted by Crippen LogP contribution is 2.23. The summed E-state index contributed by atoms with van der Waals surface area (Å²) in [6, 6.07) is 15.2. The normalized spacial score (nSPS) is 11.3. The molecule has 2 aromatic carbocycles. The fraction of sp³-hybridized carbons (Fsp3) is 0.250. The molecule has 138 valence electrons. The number of nitrogens with zero attached hydrogens (tertiary/aromatic N) is 4. The number of hydrogen-bond acceptors (Lipinski definition) is 5. The van der Waals surface area contributed by atoms with E-state index in [1.165, 1.54) is 0 Å². The van der Waals surface area contributed by atoms with Crippen LogP contribution in [0.15, 0.2) is 53.3 Å². The largest absolute Gasteiger partial charge is 0.477 e. The first-order chi connectivity index (χ1) is 13.2. The number of aliphatic hydroxyl groups excluding tert-OH is 1. The summed E-state index contributed by atoms with van der Waals surface area (Å²) < 4.78 is 9.04. The van der Waals surface area contributed by atoms with Crippen molar-refractivity contribution in [2.24, 2.45) is 7.05 Å². The van der Waals surface area contributed by atoms with Crippen molar-refractivity contribution in [3.8, 4) is 5.88 Å². The van der Waals surface area contributed by atoms with E-state index in [1.54, 1.807) is 16.2 Å². The van der Waals surface area contributed by atoms with Crippen LogP contribution in [0.4, 0.5) is 0 Å². The standard InChI is InChI=1S/C20H20N4O3/c1-23-16-9-4-5-10-17(16)24(20(23)26)13-18-21-15-8-3-2-7-14(15)19(22-18)27-12-6-11-25/h2-5,7-10,25H,6,11-13H2,1H3. The molecule has 7 heteroatoms. The van der Waals surface area contributed by atoms with Crippen LogP contribution in [0.25, 0.3) is 21.9 Å². The van der Waals surface area contributed by atoms with Crippen LogP contribution >= 0.6 is 0 Å². The summed E-state index contributed by atoms with van der Waals surface area (Å²) in [4.78, 5) is 21.8. The van der Waals surface area contributed by atoms with Crippen LogP contribution in [0.2, 0.25) is 0 Å². The Bertz CT molecular complexity index is 1160. The van der Waals surface area contributed by atoms with Gasteiger partial charge in [0.1, 0.15) is 0 Å². The third-order valence-corrected chi connectivity index (χ3v) is 4.51. The summed E-state index contributed by atoms with van der Waals surface area (Å²) in [5, 5.41) is 9.80. The predicted molar refractivity (Wildman–Crippen MR) is 103 cm³/mol. The van der Waals surface area contributed by atoms with E-state index in [0.29, 0.717) is 24.7 Å². The van der Waals surface area contributed by atoms with Crippen LogP contribution < -0.4 is 10.4 Å². The van der Waals surface area contributed by atoms with Crippen molar-refractivity contribution < 1.29 is 9.84 Å². The molecule has 0 aliphatic heterocycles. The van der Waals surface area contributed by atoms with Crippen molar-refractivity contribution in [1.82, 2.24) is 19.1 Å². The number of aliphatic hydroxyl groups is 1. The smallest absolute Gasteiger partial charge is 0.329 e. The van der Waals surface area contributed by atoms with Crippen LogP contribution in [0.1, 0.15) is 12.2 Å². The highest BCUT2D eigenvalue weighted by molar-refractivity contribution is 5.83. The Labute approximate surface area is 155 Å². The van der Waals surface area contributed by atoms with Gasteiger partial charge in [-0.2, -0.15) is 4.98 Å². The van der Waals surface area contributed by atoms with Gasteiger partial charge in [0.2, 0.25) is 5.88 Å². The second kappa shape index (κ2) is 7.20. The third-order valence-electron chi connectivity index (χ3n) is 4.51. The molecule has 27 heavy (non-hydrogen) atoms. The molecule has 0 aliphatic carbocycles. The quantitative estimate of drug-likeness (QED) is 0.530. The molecule has 0 saturated heterocycles. The second-order valence-corrected chi connectivity index (χ2v) is 6.30. The van der Waals surface area contributed by atoms with Gasteiger partial charge in [-0.25, -0.2) is 9.78 Å². The van der Waals surface area contributed by atoms with Crippen molar-refractivity contribution in [1.29, 1.82) is 0 Å². The fourth-order valence-electron chi connectivity index (χ4n) is 3.17. The molecular formula is C20H20N4O3. The molecule has 0 unspecified atom stereocenters. The van der Waals surface area contributed by atoms with E-state index in [-0.39, 0.29) is 18.8 Å². The lowest BCUT2D eigenvalue weighted by Gasteiger charge is -2.10. The zero-order valence-electron chi connectivity index (χ0n) is 15.0. The predicted octanol–water partition coefficient (Wildman–Crippen LogP) is 2.09. The summed E-state index contributed by atoms with van der Waals surface area (Å²) in [6.45, 7) is 0.674. The van der Waals surface area contributed by atoms with Crippen molar-refractivity contribution in [3.63, 3.8) is 0 Å². The molecule has 4 aromatic rings. The van der Waals surface area contributed by atoms with Gasteiger partial charge < -0.3 is 9.84 Å². The summed E-state index contributed by atoms with van der Waals surface area (Å²) in [7, 11) is 1.76. The minimum atomic E-state index is -0.115. The van der Waals surface area contributed by atoms with Crippen molar-refractivity contribution in [2.45, 2.75) is 13.0 Å². The molecule has 0 spiro atoms. The summed E-state index contributed by atoms with van der Waals surface area (Å²) in [5.74, 6) is 0.975. The van der Waals surface area contributed by atoms with Crippen LogP contribution in [0, 0.1) is 0 Å². The first-order valence-corrected chi connectivity index (χ1v) is 8.82. The molecule has 0 atom stereocenters. The molecule has 0 radical (unpaired) electrons. The van der Waals surface area contributed by atoms with Crippen LogP contribution in [-0.4, -0.2) is 37.4 Å².